The number of carbonyl (C=O) groups is 1. The second kappa shape index (κ2) is 7.96. The number of carbonyl (C=O) groups excluding carboxylic acids is 1. The molecule has 0 fully saturated rings. The number of anilines is 1. The molecule has 138 valence electrons. The van der Waals surface area contributed by atoms with Gasteiger partial charge < -0.3 is 10.1 Å². The number of rotatable bonds is 4. The summed E-state index contributed by atoms with van der Waals surface area (Å²) in [5.74, 6) is 0.834. The molecule has 4 rings (SSSR count). The molecule has 0 aliphatic rings. The van der Waals surface area contributed by atoms with E-state index >= 15 is 0 Å². The van der Waals surface area contributed by atoms with E-state index in [0.717, 1.165) is 9.86 Å². The van der Waals surface area contributed by atoms with Crippen molar-refractivity contribution in [3.63, 3.8) is 0 Å². The monoisotopic (exact) mass is 453 g/mol. The van der Waals surface area contributed by atoms with Crippen molar-refractivity contribution in [1.29, 1.82) is 0 Å². The summed E-state index contributed by atoms with van der Waals surface area (Å²) in [4.78, 5) is 20.8. The van der Waals surface area contributed by atoms with Crippen LogP contribution in [-0.4, -0.2) is 15.9 Å². The molecule has 0 saturated carbocycles. The zero-order valence-electron chi connectivity index (χ0n) is 14.4. The highest BCUT2D eigenvalue weighted by molar-refractivity contribution is 9.10. The number of nitrogens with zero attached hydrogens (tertiary/aromatic N) is 2. The molecule has 7 heteroatoms. The van der Waals surface area contributed by atoms with Crippen molar-refractivity contribution in [2.75, 3.05) is 5.32 Å². The van der Waals surface area contributed by atoms with Gasteiger partial charge in [0, 0.05) is 15.2 Å². The molecule has 3 aromatic carbocycles. The first-order valence-electron chi connectivity index (χ1n) is 8.34. The predicted molar refractivity (Wildman–Crippen MR) is 113 cm³/mol. The lowest BCUT2D eigenvalue weighted by Gasteiger charge is -2.09. The third kappa shape index (κ3) is 3.98. The number of hydrogen-bond acceptors (Lipinski definition) is 4. The fourth-order valence-corrected chi connectivity index (χ4v) is 3.28. The number of halogens is 2. The minimum Gasteiger partial charge on any atom is -0.438 e. The molecule has 1 amide bonds. The summed E-state index contributed by atoms with van der Waals surface area (Å²) in [5.41, 5.74) is 1.93. The lowest BCUT2D eigenvalue weighted by Crippen LogP contribution is -2.12. The lowest BCUT2D eigenvalue weighted by molar-refractivity contribution is 0.102. The van der Waals surface area contributed by atoms with Crippen molar-refractivity contribution >= 4 is 50.0 Å². The van der Waals surface area contributed by atoms with Crippen molar-refractivity contribution in [3.8, 4) is 11.6 Å². The number of fused-ring (bicyclic) bond motifs is 1. The van der Waals surface area contributed by atoms with Crippen LogP contribution < -0.4 is 10.1 Å². The van der Waals surface area contributed by atoms with E-state index in [1.807, 2.05) is 24.3 Å². The van der Waals surface area contributed by atoms with Gasteiger partial charge in [0.15, 0.2) is 0 Å². The Kier molecular flexibility index (Phi) is 5.23. The van der Waals surface area contributed by atoms with Crippen LogP contribution in [0.3, 0.4) is 0 Å². The Balaban J connectivity index is 1.51. The van der Waals surface area contributed by atoms with Crippen LogP contribution in [-0.2, 0) is 0 Å². The van der Waals surface area contributed by atoms with Crippen molar-refractivity contribution in [2.45, 2.75) is 0 Å². The summed E-state index contributed by atoms with van der Waals surface area (Å²) in [6.07, 6.45) is 1.43. The van der Waals surface area contributed by atoms with E-state index in [1.54, 1.807) is 42.5 Å². The quantitative estimate of drug-likeness (QED) is 0.405. The third-order valence-corrected chi connectivity index (χ3v) is 4.93. The average molecular weight is 455 g/mol. The lowest BCUT2D eigenvalue weighted by atomic mass is 10.2. The zero-order chi connectivity index (χ0) is 19.5. The summed E-state index contributed by atoms with van der Waals surface area (Å²) >= 11 is 9.39. The zero-order valence-corrected chi connectivity index (χ0v) is 16.7. The summed E-state index contributed by atoms with van der Waals surface area (Å²) in [5, 5.41) is 4.22. The highest BCUT2D eigenvalue weighted by atomic mass is 79.9. The van der Waals surface area contributed by atoms with E-state index in [4.69, 9.17) is 16.3 Å². The van der Waals surface area contributed by atoms with Crippen molar-refractivity contribution in [1.82, 2.24) is 9.97 Å². The standard InChI is InChI=1S/C21H13BrClN3O2/c22-18-4-2-1-3-16(18)20(27)26-14-6-8-15(9-7-14)28-21-17-10-5-13(23)11-19(17)24-12-25-21/h1-12H,(H,26,27). The maximum Gasteiger partial charge on any atom is 0.256 e. The highest BCUT2D eigenvalue weighted by Crippen LogP contribution is 2.29. The Hall–Kier alpha value is -2.96. The number of aromatic nitrogens is 2. The Morgan fingerprint density at radius 2 is 1.79 bits per heavy atom. The Morgan fingerprint density at radius 3 is 2.57 bits per heavy atom. The van der Waals surface area contributed by atoms with E-state index in [1.165, 1.54) is 6.33 Å². The van der Waals surface area contributed by atoms with E-state index in [9.17, 15) is 4.79 Å². The van der Waals surface area contributed by atoms with Gasteiger partial charge in [0.05, 0.1) is 16.5 Å². The molecule has 0 aliphatic carbocycles. The molecule has 0 atom stereocenters. The van der Waals surface area contributed by atoms with Gasteiger partial charge in [0.1, 0.15) is 12.1 Å². The topological polar surface area (TPSA) is 64.1 Å². The van der Waals surface area contributed by atoms with E-state index in [-0.39, 0.29) is 5.91 Å². The molecule has 5 nitrogen and oxygen atoms in total. The largest absolute Gasteiger partial charge is 0.438 e. The van der Waals surface area contributed by atoms with Gasteiger partial charge in [-0.05, 0) is 70.5 Å². The molecule has 0 unspecified atom stereocenters. The van der Waals surface area contributed by atoms with Gasteiger partial charge in [-0.1, -0.05) is 23.7 Å². The molecule has 0 bridgehead atoms. The number of nitrogens with one attached hydrogen (secondary N) is 1. The van der Waals surface area contributed by atoms with Gasteiger partial charge in [-0.3, -0.25) is 4.79 Å². The predicted octanol–water partition coefficient (Wildman–Crippen LogP) is 6.09. The normalized spacial score (nSPS) is 10.6. The first-order valence-corrected chi connectivity index (χ1v) is 9.51. The van der Waals surface area contributed by atoms with E-state index in [0.29, 0.717) is 33.4 Å². The molecular weight excluding hydrogens is 442 g/mol. The first-order chi connectivity index (χ1) is 13.6. The average Bonchev–Trinajstić information content (AvgIpc) is 2.69. The van der Waals surface area contributed by atoms with Crippen molar-refractivity contribution < 1.29 is 9.53 Å². The molecule has 1 aromatic heterocycles. The van der Waals surface area contributed by atoms with Crippen LogP contribution in [0.25, 0.3) is 10.9 Å². The fraction of sp³-hybridized carbons (Fsp3) is 0. The van der Waals surface area contributed by atoms with Gasteiger partial charge in [0.25, 0.3) is 5.91 Å². The van der Waals surface area contributed by atoms with Crippen molar-refractivity contribution in [3.05, 3.63) is 88.1 Å². The molecule has 1 heterocycles. The highest BCUT2D eigenvalue weighted by Gasteiger charge is 2.10. The van der Waals surface area contributed by atoms with Gasteiger partial charge in [-0.2, -0.15) is 0 Å². The van der Waals surface area contributed by atoms with Crippen LogP contribution in [0, 0.1) is 0 Å². The van der Waals surface area contributed by atoms with Crippen molar-refractivity contribution in [2.24, 2.45) is 0 Å². The Labute approximate surface area is 174 Å². The number of benzene rings is 3. The maximum atomic E-state index is 12.4. The molecular formula is C21H13BrClN3O2. The Bertz CT molecular complexity index is 1170. The van der Waals surface area contributed by atoms with Crippen LogP contribution in [0.1, 0.15) is 10.4 Å². The summed E-state index contributed by atoms with van der Waals surface area (Å²) in [7, 11) is 0. The van der Waals surface area contributed by atoms with Crippen LogP contribution in [0.5, 0.6) is 11.6 Å². The fourth-order valence-electron chi connectivity index (χ4n) is 2.65. The minimum absolute atomic E-state index is 0.195. The Morgan fingerprint density at radius 1 is 1.00 bits per heavy atom. The minimum atomic E-state index is -0.195. The third-order valence-electron chi connectivity index (χ3n) is 4.01. The van der Waals surface area contributed by atoms with Gasteiger partial charge >= 0.3 is 0 Å². The molecule has 28 heavy (non-hydrogen) atoms. The van der Waals surface area contributed by atoms with Crippen LogP contribution in [0.4, 0.5) is 5.69 Å². The summed E-state index contributed by atoms with van der Waals surface area (Å²) in [6.45, 7) is 0. The summed E-state index contributed by atoms with van der Waals surface area (Å²) < 4.78 is 6.62. The molecule has 4 aromatic rings. The SMILES string of the molecule is O=C(Nc1ccc(Oc2ncnc3cc(Cl)ccc23)cc1)c1ccccc1Br. The van der Waals surface area contributed by atoms with Crippen LogP contribution in [0.2, 0.25) is 5.02 Å². The molecule has 0 aliphatic heterocycles. The number of amides is 1. The molecule has 0 saturated heterocycles. The first kappa shape index (κ1) is 18.4. The van der Waals surface area contributed by atoms with Gasteiger partial charge in [-0.25, -0.2) is 9.97 Å². The van der Waals surface area contributed by atoms with Crippen LogP contribution >= 0.6 is 27.5 Å². The second-order valence-electron chi connectivity index (χ2n) is 5.90. The molecule has 0 spiro atoms. The summed E-state index contributed by atoms with van der Waals surface area (Å²) in [6, 6.07) is 19.7. The smallest absolute Gasteiger partial charge is 0.256 e. The van der Waals surface area contributed by atoms with Gasteiger partial charge in [-0.15, -0.1) is 0 Å². The number of ether oxygens (including phenoxy) is 1. The number of hydrogen-bond donors (Lipinski definition) is 1. The second-order valence-corrected chi connectivity index (χ2v) is 7.19. The van der Waals surface area contributed by atoms with E-state index in [2.05, 4.69) is 31.2 Å². The van der Waals surface area contributed by atoms with Crippen LogP contribution in [0.15, 0.2) is 77.5 Å². The van der Waals surface area contributed by atoms with Gasteiger partial charge in [0.2, 0.25) is 5.88 Å². The van der Waals surface area contributed by atoms with E-state index < -0.39 is 0 Å². The molecule has 1 N–H and O–H groups in total. The maximum absolute atomic E-state index is 12.4. The molecule has 0 radical (unpaired) electrons.